The number of sulfonamides is 1. The Kier molecular flexibility index (Phi) is 4.26. The number of nitrogens with zero attached hydrogens (tertiary/aromatic N) is 6. The summed E-state index contributed by atoms with van der Waals surface area (Å²) in [7, 11) is 0.328. The van der Waals surface area contributed by atoms with Gasteiger partial charge >= 0.3 is 0 Å². The molecule has 3 heterocycles. The fourth-order valence-corrected chi connectivity index (χ4v) is 4.57. The second-order valence-electron chi connectivity index (χ2n) is 6.92. The van der Waals surface area contributed by atoms with Crippen molar-refractivity contribution in [1.29, 1.82) is 0 Å². The topological polar surface area (TPSA) is 82.0 Å². The normalized spacial score (nSPS) is 18.3. The van der Waals surface area contributed by atoms with E-state index in [9.17, 15) is 8.42 Å². The molecule has 1 saturated heterocycles. The number of benzene rings is 1. The molecule has 0 spiro atoms. The molecule has 9 heteroatoms. The third-order valence-electron chi connectivity index (χ3n) is 4.76. The van der Waals surface area contributed by atoms with Gasteiger partial charge in [0.1, 0.15) is 10.7 Å². The average molecular weight is 386 g/mol. The van der Waals surface area contributed by atoms with E-state index in [1.165, 1.54) is 0 Å². The maximum atomic E-state index is 12.3. The smallest absolute Gasteiger partial charge is 0.285 e. The standard InChI is InChI=1S/C18H22N6O2S/c1-13-12-16(22(2)3)20-18(19-13)24-10-8-23(9-11-24)17-14-6-4-5-7-15(14)27(25,26)21-17/h4-7,12H,8-11H2,1-3H3. The van der Waals surface area contributed by atoms with E-state index in [0.717, 1.165) is 11.5 Å². The second-order valence-corrected chi connectivity index (χ2v) is 8.49. The number of fused-ring (bicyclic) bond motifs is 1. The van der Waals surface area contributed by atoms with Crippen LogP contribution in [0.1, 0.15) is 11.3 Å². The van der Waals surface area contributed by atoms with Gasteiger partial charge in [-0.15, -0.1) is 4.40 Å². The molecule has 1 fully saturated rings. The molecular weight excluding hydrogens is 364 g/mol. The first kappa shape index (κ1) is 17.7. The van der Waals surface area contributed by atoms with Crippen molar-refractivity contribution in [3.8, 4) is 0 Å². The molecule has 0 amide bonds. The Hall–Kier alpha value is -2.68. The minimum Gasteiger partial charge on any atom is -0.363 e. The molecule has 2 aliphatic rings. The number of anilines is 2. The Morgan fingerprint density at radius 3 is 2.37 bits per heavy atom. The van der Waals surface area contributed by atoms with E-state index < -0.39 is 10.0 Å². The number of rotatable bonds is 2. The van der Waals surface area contributed by atoms with E-state index in [2.05, 4.69) is 19.3 Å². The SMILES string of the molecule is Cc1cc(N(C)C)nc(N2CCN(C3=NS(=O)(=O)c4ccccc43)CC2)n1. The molecule has 0 saturated carbocycles. The third-order valence-corrected chi connectivity index (χ3v) is 6.09. The quantitative estimate of drug-likeness (QED) is 0.765. The molecule has 2 aromatic rings. The third kappa shape index (κ3) is 3.23. The van der Waals surface area contributed by atoms with Gasteiger partial charge in [0.15, 0.2) is 5.84 Å². The summed E-state index contributed by atoms with van der Waals surface area (Å²) in [6.07, 6.45) is 0. The molecule has 2 aliphatic heterocycles. The lowest BCUT2D eigenvalue weighted by Crippen LogP contribution is -2.49. The molecule has 8 nitrogen and oxygen atoms in total. The van der Waals surface area contributed by atoms with Crippen molar-refractivity contribution in [2.24, 2.45) is 4.40 Å². The van der Waals surface area contributed by atoms with Crippen LogP contribution in [-0.2, 0) is 10.0 Å². The molecule has 0 atom stereocenters. The van der Waals surface area contributed by atoms with E-state index in [-0.39, 0.29) is 0 Å². The molecule has 0 aliphatic carbocycles. The number of hydrogen-bond donors (Lipinski definition) is 0. The first-order chi connectivity index (χ1) is 12.8. The highest BCUT2D eigenvalue weighted by molar-refractivity contribution is 7.90. The van der Waals surface area contributed by atoms with Crippen LogP contribution in [-0.4, -0.2) is 69.4 Å². The fourth-order valence-electron chi connectivity index (χ4n) is 3.34. The van der Waals surface area contributed by atoms with Crippen LogP contribution < -0.4 is 9.80 Å². The fraction of sp³-hybridized carbons (Fsp3) is 0.389. The highest BCUT2D eigenvalue weighted by Crippen LogP contribution is 2.28. The van der Waals surface area contributed by atoms with Gasteiger partial charge in [-0.1, -0.05) is 12.1 Å². The number of hydrogen-bond acceptors (Lipinski definition) is 7. The minimum atomic E-state index is -3.59. The molecule has 1 aromatic carbocycles. The second kappa shape index (κ2) is 6.49. The Morgan fingerprint density at radius 1 is 1.00 bits per heavy atom. The van der Waals surface area contributed by atoms with Crippen LogP contribution in [0.5, 0.6) is 0 Å². The minimum absolute atomic E-state index is 0.292. The van der Waals surface area contributed by atoms with Gasteiger partial charge in [-0.05, 0) is 19.1 Å². The van der Waals surface area contributed by atoms with E-state index in [4.69, 9.17) is 0 Å². The molecule has 142 valence electrons. The van der Waals surface area contributed by atoms with Gasteiger partial charge in [-0.25, -0.2) is 4.98 Å². The van der Waals surface area contributed by atoms with Crippen LogP contribution >= 0.6 is 0 Å². The zero-order valence-corrected chi connectivity index (χ0v) is 16.4. The van der Waals surface area contributed by atoms with Gasteiger partial charge in [0.05, 0.1) is 0 Å². The predicted molar refractivity (Wildman–Crippen MR) is 105 cm³/mol. The van der Waals surface area contributed by atoms with Gasteiger partial charge in [-0.2, -0.15) is 13.4 Å². The van der Waals surface area contributed by atoms with Crippen LogP contribution in [0, 0.1) is 6.92 Å². The van der Waals surface area contributed by atoms with Crippen molar-refractivity contribution < 1.29 is 8.42 Å². The van der Waals surface area contributed by atoms with Crippen LogP contribution in [0.2, 0.25) is 0 Å². The lowest BCUT2D eigenvalue weighted by atomic mass is 10.1. The maximum absolute atomic E-state index is 12.3. The molecule has 0 unspecified atom stereocenters. The zero-order valence-electron chi connectivity index (χ0n) is 15.6. The summed E-state index contributed by atoms with van der Waals surface area (Å²) >= 11 is 0. The summed E-state index contributed by atoms with van der Waals surface area (Å²) in [5, 5.41) is 0. The number of aromatic nitrogens is 2. The lowest BCUT2D eigenvalue weighted by molar-refractivity contribution is 0.384. The van der Waals surface area contributed by atoms with Crippen LogP contribution in [0.4, 0.5) is 11.8 Å². The van der Waals surface area contributed by atoms with Gasteiger partial charge in [0.2, 0.25) is 5.95 Å². The number of aryl methyl sites for hydroxylation is 1. The van der Waals surface area contributed by atoms with Crippen LogP contribution in [0.3, 0.4) is 0 Å². The van der Waals surface area contributed by atoms with Crippen LogP contribution in [0.25, 0.3) is 0 Å². The van der Waals surface area contributed by atoms with Crippen molar-refractivity contribution in [3.05, 3.63) is 41.6 Å². The maximum Gasteiger partial charge on any atom is 0.285 e. The van der Waals surface area contributed by atoms with Crippen molar-refractivity contribution in [3.63, 3.8) is 0 Å². The van der Waals surface area contributed by atoms with Crippen molar-refractivity contribution in [2.75, 3.05) is 50.1 Å². The van der Waals surface area contributed by atoms with Crippen molar-refractivity contribution >= 4 is 27.6 Å². The first-order valence-electron chi connectivity index (χ1n) is 8.82. The Bertz CT molecular complexity index is 1010. The van der Waals surface area contributed by atoms with E-state index >= 15 is 0 Å². The van der Waals surface area contributed by atoms with Crippen molar-refractivity contribution in [1.82, 2.24) is 14.9 Å². The number of piperazine rings is 1. The van der Waals surface area contributed by atoms with Gasteiger partial charge in [0, 0.05) is 57.6 Å². The molecule has 27 heavy (non-hydrogen) atoms. The Morgan fingerprint density at radius 2 is 1.67 bits per heavy atom. The largest absolute Gasteiger partial charge is 0.363 e. The predicted octanol–water partition coefficient (Wildman–Crippen LogP) is 1.12. The molecule has 0 radical (unpaired) electrons. The first-order valence-corrected chi connectivity index (χ1v) is 10.3. The summed E-state index contributed by atoms with van der Waals surface area (Å²) in [6, 6.07) is 8.95. The Labute approximate surface area is 159 Å². The highest BCUT2D eigenvalue weighted by atomic mass is 32.2. The van der Waals surface area contributed by atoms with E-state index in [1.54, 1.807) is 12.1 Å². The zero-order chi connectivity index (χ0) is 19.2. The Balaban J connectivity index is 1.54. The van der Waals surface area contributed by atoms with Gasteiger partial charge in [0.25, 0.3) is 10.0 Å². The summed E-state index contributed by atoms with van der Waals surface area (Å²) in [5.74, 6) is 2.13. The summed E-state index contributed by atoms with van der Waals surface area (Å²) in [4.78, 5) is 15.6. The lowest BCUT2D eigenvalue weighted by Gasteiger charge is -2.36. The monoisotopic (exact) mass is 386 g/mol. The molecule has 1 aromatic heterocycles. The summed E-state index contributed by atoms with van der Waals surface area (Å²) in [6.45, 7) is 4.70. The van der Waals surface area contributed by atoms with Crippen LogP contribution in [0.15, 0.2) is 39.6 Å². The van der Waals surface area contributed by atoms with Crippen molar-refractivity contribution in [2.45, 2.75) is 11.8 Å². The van der Waals surface area contributed by atoms with E-state index in [1.807, 2.05) is 49.0 Å². The van der Waals surface area contributed by atoms with Gasteiger partial charge in [-0.3, -0.25) is 0 Å². The molecule has 0 N–H and O–H groups in total. The summed E-state index contributed by atoms with van der Waals surface area (Å²) < 4.78 is 28.6. The summed E-state index contributed by atoms with van der Waals surface area (Å²) in [5.41, 5.74) is 1.61. The van der Waals surface area contributed by atoms with E-state index in [0.29, 0.717) is 48.4 Å². The highest BCUT2D eigenvalue weighted by Gasteiger charge is 2.33. The molecule has 0 bridgehead atoms. The van der Waals surface area contributed by atoms with Gasteiger partial charge < -0.3 is 14.7 Å². The average Bonchev–Trinajstić information content (AvgIpc) is 2.93. The molecule has 4 rings (SSSR count). The number of amidine groups is 1. The molecular formula is C18H22N6O2S.